The highest BCUT2D eigenvalue weighted by Gasteiger charge is 2.19. The molecule has 2 heterocycles. The summed E-state index contributed by atoms with van der Waals surface area (Å²) in [6.07, 6.45) is 1.65. The Labute approximate surface area is 153 Å². The molecule has 0 spiro atoms. The van der Waals surface area contributed by atoms with Crippen LogP contribution in [0, 0.1) is 13.8 Å². The van der Waals surface area contributed by atoms with Crippen molar-refractivity contribution in [1.82, 2.24) is 9.88 Å². The summed E-state index contributed by atoms with van der Waals surface area (Å²) in [5, 5.41) is 2.91. The third-order valence-electron chi connectivity index (χ3n) is 4.83. The average molecular weight is 352 g/mol. The molecule has 1 fully saturated rings. The molecule has 1 saturated heterocycles. The van der Waals surface area contributed by atoms with E-state index in [4.69, 9.17) is 0 Å². The van der Waals surface area contributed by atoms with Crippen molar-refractivity contribution in [1.29, 1.82) is 0 Å². The number of hydrogen-bond acceptors (Lipinski definition) is 4. The summed E-state index contributed by atoms with van der Waals surface area (Å²) in [6, 6.07) is 9.54. The van der Waals surface area contributed by atoms with Gasteiger partial charge < -0.3 is 15.1 Å². The number of nitrogens with one attached hydrogen (secondary N) is 1. The van der Waals surface area contributed by atoms with Gasteiger partial charge in [0.2, 0.25) is 5.91 Å². The number of benzene rings is 1. The van der Waals surface area contributed by atoms with Crippen LogP contribution < -0.4 is 10.2 Å². The van der Waals surface area contributed by atoms with Crippen molar-refractivity contribution >= 4 is 23.2 Å². The fourth-order valence-electron chi connectivity index (χ4n) is 3.03. The highest BCUT2D eigenvalue weighted by Crippen LogP contribution is 2.19. The topological polar surface area (TPSA) is 65.5 Å². The predicted molar refractivity (Wildman–Crippen MR) is 103 cm³/mol. The van der Waals surface area contributed by atoms with Gasteiger partial charge in [-0.2, -0.15) is 0 Å². The van der Waals surface area contributed by atoms with E-state index in [9.17, 15) is 9.59 Å². The second kappa shape index (κ2) is 7.56. The fourth-order valence-corrected chi connectivity index (χ4v) is 3.03. The standard InChI is InChI=1S/C20H24N4O2/c1-14-4-5-17(12-15(14)2)22-20(26)19-13-18(6-7-21-19)24-10-8-23(9-11-24)16(3)25/h4-7,12-13H,8-11H2,1-3H3,(H,22,26). The summed E-state index contributed by atoms with van der Waals surface area (Å²) in [4.78, 5) is 32.2. The molecule has 0 atom stereocenters. The zero-order valence-electron chi connectivity index (χ0n) is 15.5. The number of hydrogen-bond donors (Lipinski definition) is 1. The van der Waals surface area contributed by atoms with E-state index >= 15 is 0 Å². The highest BCUT2D eigenvalue weighted by molar-refractivity contribution is 6.03. The molecule has 3 rings (SSSR count). The molecule has 2 aromatic rings. The van der Waals surface area contributed by atoms with Crippen LogP contribution in [-0.4, -0.2) is 47.9 Å². The van der Waals surface area contributed by atoms with E-state index in [1.165, 1.54) is 5.56 Å². The normalized spacial score (nSPS) is 14.3. The van der Waals surface area contributed by atoms with E-state index in [1.807, 2.05) is 43.0 Å². The second-order valence-electron chi connectivity index (χ2n) is 6.65. The molecule has 26 heavy (non-hydrogen) atoms. The van der Waals surface area contributed by atoms with Gasteiger partial charge >= 0.3 is 0 Å². The van der Waals surface area contributed by atoms with Crippen LogP contribution in [0.5, 0.6) is 0 Å². The average Bonchev–Trinajstić information content (AvgIpc) is 2.65. The molecule has 6 nitrogen and oxygen atoms in total. The number of aromatic nitrogens is 1. The summed E-state index contributed by atoms with van der Waals surface area (Å²) in [6.45, 7) is 8.55. The Kier molecular flexibility index (Phi) is 5.21. The Balaban J connectivity index is 1.69. The molecular formula is C20H24N4O2. The van der Waals surface area contributed by atoms with Gasteiger partial charge in [0.1, 0.15) is 5.69 Å². The number of carbonyl (C=O) groups excluding carboxylic acids is 2. The molecule has 2 amide bonds. The maximum Gasteiger partial charge on any atom is 0.274 e. The Morgan fingerprint density at radius 1 is 1.00 bits per heavy atom. The van der Waals surface area contributed by atoms with Crippen LogP contribution in [0.1, 0.15) is 28.5 Å². The molecule has 1 aliphatic rings. The van der Waals surface area contributed by atoms with Gasteiger partial charge in [0.25, 0.3) is 5.91 Å². The number of carbonyl (C=O) groups is 2. The van der Waals surface area contributed by atoms with Gasteiger partial charge in [0.15, 0.2) is 0 Å². The number of rotatable bonds is 3. The Hall–Kier alpha value is -2.89. The molecule has 136 valence electrons. The SMILES string of the molecule is CC(=O)N1CCN(c2ccnc(C(=O)Nc3ccc(C)c(C)c3)c2)CC1. The van der Waals surface area contributed by atoms with Gasteiger partial charge in [-0.25, -0.2) is 0 Å². The van der Waals surface area contributed by atoms with Crippen LogP contribution >= 0.6 is 0 Å². The molecule has 6 heteroatoms. The minimum atomic E-state index is -0.225. The number of pyridine rings is 1. The number of amides is 2. The smallest absolute Gasteiger partial charge is 0.274 e. The molecule has 0 radical (unpaired) electrons. The predicted octanol–water partition coefficient (Wildman–Crippen LogP) is 2.62. The van der Waals surface area contributed by atoms with E-state index in [2.05, 4.69) is 15.2 Å². The van der Waals surface area contributed by atoms with Gasteiger partial charge in [-0.1, -0.05) is 6.07 Å². The first kappa shape index (κ1) is 17.9. The molecule has 1 aromatic heterocycles. The number of aryl methyl sites for hydroxylation is 2. The van der Waals surface area contributed by atoms with Crippen LogP contribution in [0.2, 0.25) is 0 Å². The Morgan fingerprint density at radius 2 is 1.73 bits per heavy atom. The van der Waals surface area contributed by atoms with Crippen LogP contribution in [0.3, 0.4) is 0 Å². The third-order valence-corrected chi connectivity index (χ3v) is 4.83. The van der Waals surface area contributed by atoms with Crippen molar-refractivity contribution in [2.45, 2.75) is 20.8 Å². The zero-order chi connectivity index (χ0) is 18.7. The summed E-state index contributed by atoms with van der Waals surface area (Å²) in [7, 11) is 0. The van der Waals surface area contributed by atoms with Gasteiger partial charge in [-0.15, -0.1) is 0 Å². The molecule has 1 aliphatic heterocycles. The Morgan fingerprint density at radius 3 is 2.38 bits per heavy atom. The van der Waals surface area contributed by atoms with Crippen molar-refractivity contribution < 1.29 is 9.59 Å². The molecule has 1 aromatic carbocycles. The van der Waals surface area contributed by atoms with Gasteiger partial charge in [0, 0.05) is 50.7 Å². The summed E-state index contributed by atoms with van der Waals surface area (Å²) in [5.41, 5.74) is 4.42. The lowest BCUT2D eigenvalue weighted by atomic mass is 10.1. The zero-order valence-corrected chi connectivity index (χ0v) is 15.5. The van der Waals surface area contributed by atoms with Crippen LogP contribution in [-0.2, 0) is 4.79 Å². The van der Waals surface area contributed by atoms with Crippen molar-refractivity contribution in [3.63, 3.8) is 0 Å². The monoisotopic (exact) mass is 352 g/mol. The van der Waals surface area contributed by atoms with Crippen LogP contribution in [0.4, 0.5) is 11.4 Å². The lowest BCUT2D eigenvalue weighted by molar-refractivity contribution is -0.129. The quantitative estimate of drug-likeness (QED) is 0.922. The molecule has 0 saturated carbocycles. The first-order valence-corrected chi connectivity index (χ1v) is 8.79. The Bertz CT molecular complexity index is 826. The number of anilines is 2. The van der Waals surface area contributed by atoms with E-state index in [0.29, 0.717) is 18.8 Å². The summed E-state index contributed by atoms with van der Waals surface area (Å²) < 4.78 is 0. The first-order valence-electron chi connectivity index (χ1n) is 8.79. The maximum atomic E-state index is 12.5. The van der Waals surface area contributed by atoms with E-state index in [0.717, 1.165) is 30.0 Å². The maximum absolute atomic E-state index is 12.5. The van der Waals surface area contributed by atoms with Crippen molar-refractivity contribution in [3.05, 3.63) is 53.3 Å². The van der Waals surface area contributed by atoms with Gasteiger partial charge in [0.05, 0.1) is 0 Å². The van der Waals surface area contributed by atoms with Gasteiger partial charge in [-0.05, 0) is 49.2 Å². The van der Waals surface area contributed by atoms with Crippen molar-refractivity contribution in [2.75, 3.05) is 36.4 Å². The first-order chi connectivity index (χ1) is 12.4. The molecule has 1 N–H and O–H groups in total. The summed E-state index contributed by atoms with van der Waals surface area (Å²) in [5.74, 6) is -0.120. The molecule has 0 bridgehead atoms. The minimum Gasteiger partial charge on any atom is -0.368 e. The van der Waals surface area contributed by atoms with Gasteiger partial charge in [-0.3, -0.25) is 14.6 Å². The third kappa shape index (κ3) is 4.02. The van der Waals surface area contributed by atoms with Crippen molar-refractivity contribution in [3.8, 4) is 0 Å². The second-order valence-corrected chi connectivity index (χ2v) is 6.65. The van der Waals surface area contributed by atoms with E-state index in [1.54, 1.807) is 19.2 Å². The van der Waals surface area contributed by atoms with Crippen LogP contribution in [0.15, 0.2) is 36.5 Å². The van der Waals surface area contributed by atoms with Crippen LogP contribution in [0.25, 0.3) is 0 Å². The summed E-state index contributed by atoms with van der Waals surface area (Å²) >= 11 is 0. The number of nitrogens with zero attached hydrogens (tertiary/aromatic N) is 3. The van der Waals surface area contributed by atoms with Crippen molar-refractivity contribution in [2.24, 2.45) is 0 Å². The molecule has 0 aliphatic carbocycles. The van der Waals surface area contributed by atoms with E-state index < -0.39 is 0 Å². The molecular weight excluding hydrogens is 328 g/mol. The minimum absolute atomic E-state index is 0.104. The van der Waals surface area contributed by atoms with E-state index in [-0.39, 0.29) is 11.8 Å². The number of piperazine rings is 1. The lowest BCUT2D eigenvalue weighted by Crippen LogP contribution is -2.48. The molecule has 0 unspecified atom stereocenters. The fraction of sp³-hybridized carbons (Fsp3) is 0.350. The largest absolute Gasteiger partial charge is 0.368 e. The lowest BCUT2D eigenvalue weighted by Gasteiger charge is -2.35. The highest BCUT2D eigenvalue weighted by atomic mass is 16.2.